The standard InChI is InChI=1S/C28H34N6O3/c1-36-25-16-21-15-22(28(35)29-24(21)17-26(25)37-2)18-33(23-11-7-4-8-12-23)19-27-30-31-32-34(27)14-13-20-9-5-3-6-10-20/h3,5-6,9-10,15-17,23H,4,7-8,11-14,18-19H2,1-2H3,(H,29,35). The third-order valence-corrected chi connectivity index (χ3v) is 7.30. The minimum Gasteiger partial charge on any atom is -0.493 e. The zero-order valence-electron chi connectivity index (χ0n) is 21.5. The van der Waals surface area contributed by atoms with Crippen molar-refractivity contribution in [2.45, 2.75) is 64.2 Å². The summed E-state index contributed by atoms with van der Waals surface area (Å²) in [6, 6.07) is 16.4. The number of hydrogen-bond donors (Lipinski definition) is 1. The largest absolute Gasteiger partial charge is 0.493 e. The summed E-state index contributed by atoms with van der Waals surface area (Å²) < 4.78 is 12.8. The molecule has 194 valence electrons. The molecule has 9 heteroatoms. The highest BCUT2D eigenvalue weighted by atomic mass is 16.5. The first-order chi connectivity index (χ1) is 18.1. The molecular formula is C28H34N6O3. The molecule has 2 aromatic heterocycles. The lowest BCUT2D eigenvalue weighted by molar-refractivity contribution is 0.133. The highest BCUT2D eigenvalue weighted by Gasteiger charge is 2.24. The minimum atomic E-state index is -0.0933. The van der Waals surface area contributed by atoms with Gasteiger partial charge in [0.2, 0.25) is 0 Å². The number of aromatic nitrogens is 5. The van der Waals surface area contributed by atoms with Crippen LogP contribution in [0.25, 0.3) is 10.9 Å². The Morgan fingerprint density at radius 1 is 1.00 bits per heavy atom. The zero-order chi connectivity index (χ0) is 25.6. The fraction of sp³-hybridized carbons (Fsp3) is 0.429. The Kier molecular flexibility index (Phi) is 7.79. The monoisotopic (exact) mass is 502 g/mol. The van der Waals surface area contributed by atoms with Crippen LogP contribution in [0.2, 0.25) is 0 Å². The average molecular weight is 503 g/mol. The van der Waals surface area contributed by atoms with E-state index >= 15 is 0 Å². The number of aryl methyl sites for hydroxylation is 2. The fourth-order valence-corrected chi connectivity index (χ4v) is 5.25. The van der Waals surface area contributed by atoms with E-state index in [0.717, 1.165) is 36.0 Å². The molecule has 0 aliphatic heterocycles. The number of tetrazole rings is 1. The van der Waals surface area contributed by atoms with E-state index in [0.29, 0.717) is 42.7 Å². The molecule has 0 bridgehead atoms. The number of fused-ring (bicyclic) bond motifs is 1. The third-order valence-electron chi connectivity index (χ3n) is 7.30. The predicted octanol–water partition coefficient (Wildman–Crippen LogP) is 4.11. The second kappa shape index (κ2) is 11.6. The van der Waals surface area contributed by atoms with E-state index < -0.39 is 0 Å². The van der Waals surface area contributed by atoms with E-state index in [4.69, 9.17) is 9.47 Å². The van der Waals surface area contributed by atoms with E-state index in [-0.39, 0.29) is 5.56 Å². The molecule has 9 nitrogen and oxygen atoms in total. The molecule has 2 aromatic carbocycles. The Hall–Kier alpha value is -3.72. The lowest BCUT2D eigenvalue weighted by Gasteiger charge is -2.33. The lowest BCUT2D eigenvalue weighted by atomic mass is 9.93. The Morgan fingerprint density at radius 2 is 1.76 bits per heavy atom. The molecule has 37 heavy (non-hydrogen) atoms. The molecule has 1 saturated carbocycles. The lowest BCUT2D eigenvalue weighted by Crippen LogP contribution is -2.38. The summed E-state index contributed by atoms with van der Waals surface area (Å²) in [6.45, 7) is 1.83. The number of nitrogens with zero attached hydrogens (tertiary/aromatic N) is 5. The summed E-state index contributed by atoms with van der Waals surface area (Å²) >= 11 is 0. The van der Waals surface area contributed by atoms with Crippen LogP contribution in [0.5, 0.6) is 11.5 Å². The van der Waals surface area contributed by atoms with Crippen LogP contribution in [0, 0.1) is 0 Å². The molecule has 0 amide bonds. The molecule has 1 fully saturated rings. The summed E-state index contributed by atoms with van der Waals surface area (Å²) in [5.41, 5.74) is 2.60. The average Bonchev–Trinajstić information content (AvgIpc) is 3.39. The van der Waals surface area contributed by atoms with Crippen LogP contribution in [0.1, 0.15) is 49.1 Å². The second-order valence-electron chi connectivity index (χ2n) is 9.67. The Morgan fingerprint density at radius 3 is 2.51 bits per heavy atom. The van der Waals surface area contributed by atoms with Crippen LogP contribution in [-0.4, -0.2) is 50.4 Å². The van der Waals surface area contributed by atoms with Crippen LogP contribution in [0.15, 0.2) is 53.3 Å². The molecule has 4 aromatic rings. The maximum Gasteiger partial charge on any atom is 0.252 e. The highest BCUT2D eigenvalue weighted by Crippen LogP contribution is 2.31. The van der Waals surface area contributed by atoms with Crippen molar-refractivity contribution in [1.29, 1.82) is 0 Å². The van der Waals surface area contributed by atoms with Gasteiger partial charge in [0.1, 0.15) is 0 Å². The SMILES string of the molecule is COc1cc2cc(CN(Cc3nnnn3CCc3ccccc3)C3CCCCC3)c(=O)[nH]c2cc1OC. The molecule has 0 unspecified atom stereocenters. The first-order valence-corrected chi connectivity index (χ1v) is 13.0. The van der Waals surface area contributed by atoms with Gasteiger partial charge < -0.3 is 14.5 Å². The van der Waals surface area contributed by atoms with Gasteiger partial charge in [0.25, 0.3) is 5.56 Å². The van der Waals surface area contributed by atoms with Crippen molar-refractivity contribution in [2.75, 3.05) is 14.2 Å². The van der Waals surface area contributed by atoms with Crippen molar-refractivity contribution in [2.24, 2.45) is 0 Å². The van der Waals surface area contributed by atoms with Crippen LogP contribution in [0.3, 0.4) is 0 Å². The summed E-state index contributed by atoms with van der Waals surface area (Å²) in [5, 5.41) is 13.5. The van der Waals surface area contributed by atoms with Crippen molar-refractivity contribution in [3.63, 3.8) is 0 Å². The maximum atomic E-state index is 13.1. The molecule has 1 aliphatic rings. The molecule has 0 radical (unpaired) electrons. The first kappa shape index (κ1) is 25.0. The predicted molar refractivity (Wildman–Crippen MR) is 142 cm³/mol. The van der Waals surface area contributed by atoms with E-state index in [1.165, 1.54) is 24.8 Å². The van der Waals surface area contributed by atoms with Gasteiger partial charge in [-0.3, -0.25) is 9.69 Å². The van der Waals surface area contributed by atoms with Crippen molar-refractivity contribution in [3.8, 4) is 11.5 Å². The Bertz CT molecular complexity index is 1380. The van der Waals surface area contributed by atoms with Crippen LogP contribution >= 0.6 is 0 Å². The fourth-order valence-electron chi connectivity index (χ4n) is 5.25. The highest BCUT2D eigenvalue weighted by molar-refractivity contribution is 5.83. The van der Waals surface area contributed by atoms with Gasteiger partial charge >= 0.3 is 0 Å². The Balaban J connectivity index is 1.40. The van der Waals surface area contributed by atoms with Gasteiger partial charge in [-0.25, -0.2) is 4.68 Å². The molecule has 1 aliphatic carbocycles. The molecule has 0 saturated heterocycles. The molecule has 1 N–H and O–H groups in total. The summed E-state index contributed by atoms with van der Waals surface area (Å²) in [4.78, 5) is 18.5. The van der Waals surface area contributed by atoms with Crippen LogP contribution < -0.4 is 15.0 Å². The number of H-pyrrole nitrogens is 1. The third kappa shape index (κ3) is 5.83. The van der Waals surface area contributed by atoms with E-state index in [2.05, 4.69) is 37.5 Å². The molecule has 0 spiro atoms. The number of benzene rings is 2. The minimum absolute atomic E-state index is 0.0933. The van der Waals surface area contributed by atoms with Crippen LogP contribution in [-0.2, 0) is 26.1 Å². The number of rotatable bonds is 10. The van der Waals surface area contributed by atoms with Crippen molar-refractivity contribution in [3.05, 3.63) is 75.8 Å². The van der Waals surface area contributed by atoms with E-state index in [1.54, 1.807) is 20.3 Å². The van der Waals surface area contributed by atoms with Crippen LogP contribution in [0.4, 0.5) is 0 Å². The van der Waals surface area contributed by atoms with E-state index in [1.807, 2.05) is 35.0 Å². The molecule has 5 rings (SSSR count). The summed E-state index contributed by atoms with van der Waals surface area (Å²) in [6.07, 6.45) is 6.75. The van der Waals surface area contributed by atoms with Gasteiger partial charge in [-0.2, -0.15) is 0 Å². The van der Waals surface area contributed by atoms with Crippen molar-refractivity contribution < 1.29 is 9.47 Å². The molecular weight excluding hydrogens is 468 g/mol. The van der Waals surface area contributed by atoms with Gasteiger partial charge in [0.05, 0.1) is 26.3 Å². The van der Waals surface area contributed by atoms with Gasteiger partial charge in [0.15, 0.2) is 17.3 Å². The molecule has 0 atom stereocenters. The summed E-state index contributed by atoms with van der Waals surface area (Å²) in [5.74, 6) is 2.05. The van der Waals surface area contributed by atoms with Gasteiger partial charge in [-0.1, -0.05) is 49.6 Å². The van der Waals surface area contributed by atoms with Gasteiger partial charge in [-0.15, -0.1) is 5.10 Å². The van der Waals surface area contributed by atoms with Gasteiger partial charge in [-0.05, 0) is 47.4 Å². The van der Waals surface area contributed by atoms with Crippen molar-refractivity contribution >= 4 is 10.9 Å². The number of aromatic amines is 1. The smallest absolute Gasteiger partial charge is 0.252 e. The summed E-state index contributed by atoms with van der Waals surface area (Å²) in [7, 11) is 3.20. The Labute approximate surface area is 216 Å². The second-order valence-corrected chi connectivity index (χ2v) is 9.67. The number of hydrogen-bond acceptors (Lipinski definition) is 7. The van der Waals surface area contributed by atoms with Crippen molar-refractivity contribution in [1.82, 2.24) is 30.1 Å². The zero-order valence-corrected chi connectivity index (χ0v) is 21.5. The normalized spacial score (nSPS) is 14.4. The molecule has 2 heterocycles. The number of nitrogens with one attached hydrogen (secondary N) is 1. The maximum absolute atomic E-state index is 13.1. The first-order valence-electron chi connectivity index (χ1n) is 13.0. The van der Waals surface area contributed by atoms with E-state index in [9.17, 15) is 4.79 Å². The number of pyridine rings is 1. The number of methoxy groups -OCH3 is 2. The topological polar surface area (TPSA) is 98.2 Å². The number of ether oxygens (including phenoxy) is 2. The quantitative estimate of drug-likeness (QED) is 0.348. The van der Waals surface area contributed by atoms with Gasteiger partial charge in [0, 0.05) is 36.1 Å².